The predicted molar refractivity (Wildman–Crippen MR) is 89.6 cm³/mol. The fraction of sp³-hybridized carbons (Fsp3) is 0.875. The van der Waals surface area contributed by atoms with Gasteiger partial charge in [-0.3, -0.25) is 9.59 Å². The number of hydrogen-bond acceptors (Lipinski definition) is 4. The number of ether oxygens (including phenoxy) is 1. The lowest BCUT2D eigenvalue weighted by Crippen LogP contribution is -2.60. The average Bonchev–Trinajstić information content (AvgIpc) is 3.25. The predicted octanol–water partition coefficient (Wildman–Crippen LogP) is 0.790. The van der Waals surface area contributed by atoms with Gasteiger partial charge in [0.1, 0.15) is 6.10 Å². The molecule has 3 heterocycles. The summed E-state index contributed by atoms with van der Waals surface area (Å²) in [5.74, 6) is 0.325. The van der Waals surface area contributed by atoms with Crippen molar-refractivity contribution in [2.24, 2.45) is 0 Å². The minimum atomic E-state index is -0.360. The molecule has 132 valence electrons. The number of piperazine rings is 1. The van der Waals surface area contributed by atoms with Crippen molar-refractivity contribution in [3.63, 3.8) is 0 Å². The van der Waals surface area contributed by atoms with Gasteiger partial charge in [0.15, 0.2) is 0 Å². The minimum Gasteiger partial charge on any atom is -0.368 e. The van der Waals surface area contributed by atoms with E-state index in [1.807, 2.05) is 9.80 Å². The summed E-state index contributed by atoms with van der Waals surface area (Å²) in [5, 5.41) is 3.40. The van der Waals surface area contributed by atoms with Crippen LogP contribution in [0, 0.1) is 0 Å². The van der Waals surface area contributed by atoms with Crippen molar-refractivity contribution in [1.29, 1.82) is 0 Å². The molecule has 2 atom stereocenters. The smallest absolute Gasteiger partial charge is 0.251 e. The number of hydrogen-bond donors (Lipinski definition) is 1. The quantitative estimate of drug-likeness (QED) is 0.821. The van der Waals surface area contributed by atoms with E-state index in [9.17, 15) is 9.59 Å². The van der Waals surface area contributed by atoms with Crippen LogP contribution < -0.4 is 5.32 Å². The van der Waals surface area contributed by atoms with Gasteiger partial charge in [0, 0.05) is 32.8 Å². The van der Waals surface area contributed by atoms with E-state index in [4.69, 9.17) is 4.74 Å². The normalized spacial score (nSPS) is 31.1. The highest BCUT2D eigenvalue weighted by Gasteiger charge is 2.42. The van der Waals surface area contributed by atoms with E-state index in [1.54, 1.807) is 0 Å². The van der Waals surface area contributed by atoms with Gasteiger partial charge in [0.25, 0.3) is 5.91 Å². The monoisotopic (exact) mass is 345 g/mol. The number of amides is 2. The summed E-state index contributed by atoms with van der Waals surface area (Å²) in [6, 6.07) is 0. The molecule has 23 heavy (non-hydrogen) atoms. The van der Waals surface area contributed by atoms with Gasteiger partial charge < -0.3 is 19.9 Å². The molecule has 2 unspecified atom stereocenters. The number of nitrogens with one attached hydrogen (secondary N) is 1. The number of halogens is 1. The lowest BCUT2D eigenvalue weighted by Gasteiger charge is -2.40. The molecular formula is C16H28ClN3O3. The molecule has 0 aromatic heterocycles. The molecular weight excluding hydrogens is 318 g/mol. The number of carbonyl (C=O) groups excluding carboxylic acids is 2. The SMILES string of the molecule is CCC1(C(=O)N2CCN(C(=O)C3CCCO3)CC2)CCCN1.Cl. The van der Waals surface area contributed by atoms with E-state index >= 15 is 0 Å². The van der Waals surface area contributed by atoms with Crippen molar-refractivity contribution in [2.45, 2.75) is 50.7 Å². The van der Waals surface area contributed by atoms with Gasteiger partial charge in [-0.25, -0.2) is 0 Å². The average molecular weight is 346 g/mol. The van der Waals surface area contributed by atoms with E-state index < -0.39 is 0 Å². The van der Waals surface area contributed by atoms with Gasteiger partial charge >= 0.3 is 0 Å². The zero-order chi connectivity index (χ0) is 15.6. The van der Waals surface area contributed by atoms with Gasteiger partial charge in [-0.2, -0.15) is 0 Å². The fourth-order valence-corrected chi connectivity index (χ4v) is 3.85. The Morgan fingerprint density at radius 3 is 2.39 bits per heavy atom. The molecule has 3 rings (SSSR count). The molecule has 3 aliphatic rings. The van der Waals surface area contributed by atoms with E-state index in [0.29, 0.717) is 32.8 Å². The molecule has 0 radical (unpaired) electrons. The van der Waals surface area contributed by atoms with Crippen LogP contribution in [-0.2, 0) is 14.3 Å². The molecule has 0 aromatic carbocycles. The Bertz CT molecular complexity index is 426. The zero-order valence-electron chi connectivity index (χ0n) is 13.9. The topological polar surface area (TPSA) is 61.9 Å². The molecule has 2 amide bonds. The molecule has 0 aromatic rings. The Hall–Kier alpha value is -0.850. The standard InChI is InChI=1S/C16H27N3O3.ClH/c1-2-16(6-4-7-17-16)15(21)19-10-8-18(9-11-19)14(20)13-5-3-12-22-13;/h13,17H,2-12H2,1H3;1H. The highest BCUT2D eigenvalue weighted by Crippen LogP contribution is 2.26. The maximum absolute atomic E-state index is 12.8. The Morgan fingerprint density at radius 2 is 1.87 bits per heavy atom. The molecule has 0 bridgehead atoms. The van der Waals surface area contributed by atoms with Crippen molar-refractivity contribution in [2.75, 3.05) is 39.3 Å². The van der Waals surface area contributed by atoms with Gasteiger partial charge in [0.05, 0.1) is 5.54 Å². The second-order valence-electron chi connectivity index (χ2n) is 6.59. The van der Waals surface area contributed by atoms with Crippen molar-refractivity contribution in [3.8, 4) is 0 Å². The summed E-state index contributed by atoms with van der Waals surface area (Å²) in [5.41, 5.74) is -0.360. The summed E-state index contributed by atoms with van der Waals surface area (Å²) in [7, 11) is 0. The number of carbonyl (C=O) groups is 2. The van der Waals surface area contributed by atoms with Crippen LogP contribution in [0.1, 0.15) is 39.0 Å². The Kier molecular flexibility index (Phi) is 6.28. The highest BCUT2D eigenvalue weighted by molar-refractivity contribution is 5.87. The molecule has 0 spiro atoms. The molecule has 3 aliphatic heterocycles. The van der Waals surface area contributed by atoms with Crippen LogP contribution in [0.15, 0.2) is 0 Å². The van der Waals surface area contributed by atoms with Crippen LogP contribution in [0.3, 0.4) is 0 Å². The third-order valence-electron chi connectivity index (χ3n) is 5.34. The summed E-state index contributed by atoms with van der Waals surface area (Å²) in [6.07, 6.45) is 4.39. The number of nitrogens with zero attached hydrogens (tertiary/aromatic N) is 2. The molecule has 7 heteroatoms. The summed E-state index contributed by atoms with van der Waals surface area (Å²) in [6.45, 7) is 6.24. The molecule has 1 N–H and O–H groups in total. The molecule has 3 saturated heterocycles. The van der Waals surface area contributed by atoms with Gasteiger partial charge in [-0.05, 0) is 38.6 Å². The Morgan fingerprint density at radius 1 is 1.17 bits per heavy atom. The lowest BCUT2D eigenvalue weighted by molar-refractivity contribution is -0.148. The van der Waals surface area contributed by atoms with E-state index in [1.165, 1.54) is 0 Å². The number of rotatable bonds is 3. The Balaban J connectivity index is 0.00000192. The van der Waals surface area contributed by atoms with Crippen molar-refractivity contribution < 1.29 is 14.3 Å². The van der Waals surface area contributed by atoms with Crippen LogP contribution in [0.25, 0.3) is 0 Å². The maximum Gasteiger partial charge on any atom is 0.251 e. The summed E-state index contributed by atoms with van der Waals surface area (Å²) < 4.78 is 5.48. The van der Waals surface area contributed by atoms with Crippen LogP contribution in [0.4, 0.5) is 0 Å². The van der Waals surface area contributed by atoms with E-state index in [2.05, 4.69) is 12.2 Å². The first-order valence-electron chi connectivity index (χ1n) is 8.61. The van der Waals surface area contributed by atoms with Crippen molar-refractivity contribution >= 4 is 24.2 Å². The molecule has 0 aliphatic carbocycles. The summed E-state index contributed by atoms with van der Waals surface area (Å²) in [4.78, 5) is 29.0. The van der Waals surface area contributed by atoms with Gasteiger partial charge in [-0.15, -0.1) is 12.4 Å². The maximum atomic E-state index is 12.8. The first kappa shape index (κ1) is 18.5. The highest BCUT2D eigenvalue weighted by atomic mass is 35.5. The van der Waals surface area contributed by atoms with Crippen LogP contribution in [0.2, 0.25) is 0 Å². The molecule has 0 saturated carbocycles. The first-order chi connectivity index (χ1) is 10.7. The van der Waals surface area contributed by atoms with Gasteiger partial charge in [0.2, 0.25) is 5.91 Å². The van der Waals surface area contributed by atoms with Crippen LogP contribution >= 0.6 is 12.4 Å². The van der Waals surface area contributed by atoms with Crippen LogP contribution in [-0.4, -0.2) is 72.6 Å². The van der Waals surface area contributed by atoms with Crippen molar-refractivity contribution in [1.82, 2.24) is 15.1 Å². The first-order valence-corrected chi connectivity index (χ1v) is 8.61. The summed E-state index contributed by atoms with van der Waals surface area (Å²) >= 11 is 0. The van der Waals surface area contributed by atoms with Crippen LogP contribution in [0.5, 0.6) is 0 Å². The van der Waals surface area contributed by atoms with Crippen molar-refractivity contribution in [3.05, 3.63) is 0 Å². The van der Waals surface area contributed by atoms with E-state index in [0.717, 1.165) is 38.6 Å². The third kappa shape index (κ3) is 3.64. The largest absolute Gasteiger partial charge is 0.368 e. The zero-order valence-corrected chi connectivity index (χ0v) is 14.7. The lowest BCUT2D eigenvalue weighted by atomic mass is 9.92. The Labute approximate surface area is 144 Å². The second-order valence-corrected chi connectivity index (χ2v) is 6.59. The second kappa shape index (κ2) is 7.81. The van der Waals surface area contributed by atoms with E-state index in [-0.39, 0.29) is 35.9 Å². The van der Waals surface area contributed by atoms with Gasteiger partial charge in [-0.1, -0.05) is 6.92 Å². The fourth-order valence-electron chi connectivity index (χ4n) is 3.85. The third-order valence-corrected chi connectivity index (χ3v) is 5.34. The molecule has 3 fully saturated rings. The molecule has 6 nitrogen and oxygen atoms in total. The minimum absolute atomic E-state index is 0.